The molecule has 1 fully saturated rings. The second-order valence-corrected chi connectivity index (χ2v) is 8.82. The lowest BCUT2D eigenvalue weighted by molar-refractivity contribution is -0.117. The number of ether oxygens (including phenoxy) is 1. The largest absolute Gasteiger partial charge is 0.380 e. The van der Waals surface area contributed by atoms with E-state index in [9.17, 15) is 9.59 Å². The predicted molar refractivity (Wildman–Crippen MR) is 152 cm³/mol. The molecule has 1 aromatic rings. The first-order chi connectivity index (χ1) is 17.3. The Labute approximate surface area is 220 Å². The molecule has 2 rings (SSSR count). The summed E-state index contributed by atoms with van der Waals surface area (Å²) in [5.74, 6) is 0.555. The van der Waals surface area contributed by atoms with Crippen molar-refractivity contribution in [2.75, 3.05) is 32.8 Å². The van der Waals surface area contributed by atoms with Gasteiger partial charge in [-0.2, -0.15) is 5.26 Å². The van der Waals surface area contributed by atoms with E-state index in [1.807, 2.05) is 38.1 Å². The summed E-state index contributed by atoms with van der Waals surface area (Å²) in [5.41, 5.74) is 4.11. The van der Waals surface area contributed by atoms with Crippen molar-refractivity contribution in [1.29, 1.82) is 5.26 Å². The maximum absolute atomic E-state index is 11.1. The predicted octanol–water partition coefficient (Wildman–Crippen LogP) is 5.83. The average Bonchev–Trinajstić information content (AvgIpc) is 3.18. The number of benzene rings is 1. The number of Topliss-reactive ketones (excluding diaryl/α,β-unsaturated/α-hetero) is 1. The Balaban J connectivity index is 0. The molecule has 0 saturated carbocycles. The minimum absolute atomic E-state index is 0. The maximum Gasteiger partial charge on any atom is 0.208 e. The van der Waals surface area contributed by atoms with E-state index in [0.717, 1.165) is 42.9 Å². The highest BCUT2D eigenvalue weighted by molar-refractivity contribution is 5.75. The van der Waals surface area contributed by atoms with Crippen LogP contribution in [0.25, 0.3) is 5.57 Å². The van der Waals surface area contributed by atoms with Gasteiger partial charge in [0.1, 0.15) is 11.8 Å². The summed E-state index contributed by atoms with van der Waals surface area (Å²) in [6, 6.07) is 9.36. The lowest BCUT2D eigenvalue weighted by atomic mass is 9.93. The number of nitriles is 1. The number of carbonyl (C=O) groups is 2. The molecule has 1 unspecified atom stereocenters. The summed E-state index contributed by atoms with van der Waals surface area (Å²) in [5, 5.41) is 11.5. The Hall–Kier alpha value is -2.75. The van der Waals surface area contributed by atoms with Crippen LogP contribution in [-0.4, -0.2) is 56.0 Å². The Morgan fingerprint density at radius 3 is 2.47 bits per heavy atom. The van der Waals surface area contributed by atoms with Crippen LogP contribution in [0.3, 0.4) is 0 Å². The van der Waals surface area contributed by atoms with Crippen molar-refractivity contribution in [1.82, 2.24) is 10.2 Å². The maximum atomic E-state index is 11.1. The minimum Gasteiger partial charge on any atom is -0.380 e. The fourth-order valence-corrected chi connectivity index (χ4v) is 3.58. The number of allylic oxidation sites excluding steroid dienone is 3. The molecule has 2 atom stereocenters. The molecule has 1 saturated heterocycles. The number of hydrogen-bond acceptors (Lipinski definition) is 5. The Morgan fingerprint density at radius 1 is 1.25 bits per heavy atom. The Kier molecular flexibility index (Phi) is 18.9. The minimum atomic E-state index is -0.518. The number of amides is 1. The van der Waals surface area contributed by atoms with Gasteiger partial charge in [0.05, 0.1) is 12.7 Å². The average molecular weight is 500 g/mol. The van der Waals surface area contributed by atoms with Crippen LogP contribution in [0.1, 0.15) is 73.4 Å². The summed E-state index contributed by atoms with van der Waals surface area (Å²) in [4.78, 5) is 24.0. The van der Waals surface area contributed by atoms with Crippen LogP contribution >= 0.6 is 0 Å². The number of likely N-dealkylation sites (N-methyl/N-ethyl adjacent to an activating group) is 1. The van der Waals surface area contributed by atoms with Crippen molar-refractivity contribution in [3.05, 3.63) is 53.6 Å². The van der Waals surface area contributed by atoms with Gasteiger partial charge in [-0.3, -0.25) is 4.79 Å². The van der Waals surface area contributed by atoms with E-state index >= 15 is 0 Å². The number of ketones is 1. The van der Waals surface area contributed by atoms with Gasteiger partial charge in [-0.05, 0) is 55.9 Å². The first kappa shape index (κ1) is 33.2. The van der Waals surface area contributed by atoms with E-state index in [2.05, 4.69) is 49.7 Å². The first-order valence-electron chi connectivity index (χ1n) is 13.2. The molecule has 1 aromatic carbocycles. The van der Waals surface area contributed by atoms with Crippen molar-refractivity contribution < 1.29 is 15.8 Å². The molecular weight excluding hydrogens is 450 g/mol. The third-order valence-corrected chi connectivity index (χ3v) is 6.06. The van der Waals surface area contributed by atoms with Gasteiger partial charge in [-0.15, -0.1) is 0 Å². The SMILES string of the molecule is C=C(/C=C(\C)C(C)CCC(C)=O)c1ccc(C[C@@H](C#N)NC=O)cc1.CC.CCN1CCCOCC1.[HH]. The molecule has 202 valence electrons. The van der Waals surface area contributed by atoms with Gasteiger partial charge in [0.2, 0.25) is 6.41 Å². The highest BCUT2D eigenvalue weighted by atomic mass is 16.5. The van der Waals surface area contributed by atoms with Crippen LogP contribution in [0.5, 0.6) is 0 Å². The highest BCUT2D eigenvalue weighted by Crippen LogP contribution is 2.22. The molecule has 36 heavy (non-hydrogen) atoms. The summed E-state index contributed by atoms with van der Waals surface area (Å²) in [7, 11) is 0. The summed E-state index contributed by atoms with van der Waals surface area (Å²) in [6.45, 7) is 21.5. The summed E-state index contributed by atoms with van der Waals surface area (Å²) < 4.78 is 5.28. The van der Waals surface area contributed by atoms with Crippen LogP contribution in [-0.2, 0) is 20.7 Å². The summed E-state index contributed by atoms with van der Waals surface area (Å²) >= 11 is 0. The second-order valence-electron chi connectivity index (χ2n) is 8.82. The monoisotopic (exact) mass is 499 g/mol. The van der Waals surface area contributed by atoms with Crippen molar-refractivity contribution in [3.8, 4) is 6.07 Å². The van der Waals surface area contributed by atoms with Crippen LogP contribution < -0.4 is 5.32 Å². The van der Waals surface area contributed by atoms with E-state index in [4.69, 9.17) is 10.00 Å². The van der Waals surface area contributed by atoms with Crippen LogP contribution in [0.2, 0.25) is 0 Å². The number of nitrogens with one attached hydrogen (secondary N) is 1. The molecule has 1 heterocycles. The molecule has 6 heteroatoms. The van der Waals surface area contributed by atoms with Crippen LogP contribution in [0.4, 0.5) is 0 Å². The fourth-order valence-electron chi connectivity index (χ4n) is 3.58. The van der Waals surface area contributed by atoms with Crippen molar-refractivity contribution >= 4 is 17.8 Å². The fraction of sp³-hybridized carbons (Fsp3) is 0.567. The molecule has 0 spiro atoms. The lowest BCUT2D eigenvalue weighted by Gasteiger charge is -2.14. The van der Waals surface area contributed by atoms with E-state index < -0.39 is 6.04 Å². The number of carbonyl (C=O) groups excluding carboxylic acids is 2. The standard InChI is InChI=1S/C21H26N2O2.C7H15NO.C2H6.H2/c1-15(5-6-18(4)25)16(2)11-17(3)20-9-7-19(8-10-20)12-21(13-22)23-14-24;1-2-8-4-3-6-9-7-5-8;1-2;/h7-11,14-15,21H,3,5-6,12H2,1-2,4H3,(H,23,24);2-7H2,1H3;1-2H3;1H/b16-11+;;;/t15?,21-;;;/m0.../s1. The molecule has 1 amide bonds. The molecule has 1 aliphatic heterocycles. The Morgan fingerprint density at radius 2 is 1.92 bits per heavy atom. The number of rotatable bonds is 11. The zero-order chi connectivity index (χ0) is 27.3. The van der Waals surface area contributed by atoms with Crippen molar-refractivity contribution in [2.45, 2.75) is 73.3 Å². The third kappa shape index (κ3) is 14.6. The third-order valence-electron chi connectivity index (χ3n) is 6.06. The zero-order valence-corrected chi connectivity index (χ0v) is 23.3. The van der Waals surface area contributed by atoms with Gasteiger partial charge in [0.25, 0.3) is 0 Å². The van der Waals surface area contributed by atoms with Gasteiger partial charge < -0.3 is 19.7 Å². The quantitative estimate of drug-likeness (QED) is 0.306. The summed E-state index contributed by atoms with van der Waals surface area (Å²) in [6.07, 6.45) is 5.73. The van der Waals surface area contributed by atoms with Crippen LogP contribution in [0.15, 0.2) is 42.5 Å². The molecule has 1 N–H and O–H groups in total. The zero-order valence-electron chi connectivity index (χ0n) is 23.3. The first-order valence-corrected chi connectivity index (χ1v) is 13.2. The molecule has 0 aromatic heterocycles. The second kappa shape index (κ2) is 20.4. The van der Waals surface area contributed by atoms with Gasteiger partial charge in [-0.25, -0.2) is 0 Å². The normalized spacial score (nSPS) is 15.4. The molecule has 0 radical (unpaired) electrons. The van der Waals surface area contributed by atoms with Gasteiger partial charge in [0.15, 0.2) is 0 Å². The number of nitrogens with zero attached hydrogens (tertiary/aromatic N) is 2. The van der Waals surface area contributed by atoms with Gasteiger partial charge >= 0.3 is 0 Å². The smallest absolute Gasteiger partial charge is 0.208 e. The van der Waals surface area contributed by atoms with Gasteiger partial charge in [0, 0.05) is 34.0 Å². The Bertz CT molecular complexity index is 839. The lowest BCUT2D eigenvalue weighted by Crippen LogP contribution is -2.28. The molecule has 0 bridgehead atoms. The topological polar surface area (TPSA) is 82.4 Å². The molecule has 1 aliphatic rings. The molecule has 6 nitrogen and oxygen atoms in total. The van der Waals surface area contributed by atoms with E-state index in [1.54, 1.807) is 6.92 Å². The molecule has 0 aliphatic carbocycles. The van der Waals surface area contributed by atoms with Crippen LogP contribution in [0, 0.1) is 17.2 Å². The van der Waals surface area contributed by atoms with E-state index in [1.165, 1.54) is 25.1 Å². The van der Waals surface area contributed by atoms with Crippen molar-refractivity contribution in [2.24, 2.45) is 5.92 Å². The van der Waals surface area contributed by atoms with E-state index in [0.29, 0.717) is 25.2 Å². The number of hydrogen-bond donors (Lipinski definition) is 1. The highest BCUT2D eigenvalue weighted by Gasteiger charge is 2.09. The van der Waals surface area contributed by atoms with E-state index in [-0.39, 0.29) is 7.21 Å². The van der Waals surface area contributed by atoms with Gasteiger partial charge in [-0.1, -0.05) is 70.2 Å². The van der Waals surface area contributed by atoms with Crippen molar-refractivity contribution in [3.63, 3.8) is 0 Å². The molecular formula is C30H49N3O3.